The number of carbonyl (C=O) groups excluding carboxylic acids is 2. The summed E-state index contributed by atoms with van der Waals surface area (Å²) in [5.74, 6) is -1.79. The van der Waals surface area contributed by atoms with E-state index in [0.717, 1.165) is 25.7 Å². The molecule has 0 radical (unpaired) electrons. The van der Waals surface area contributed by atoms with Crippen molar-refractivity contribution in [3.8, 4) is 0 Å². The monoisotopic (exact) mass is 497 g/mol. The van der Waals surface area contributed by atoms with Gasteiger partial charge in [-0.3, -0.25) is 14.4 Å². The van der Waals surface area contributed by atoms with Gasteiger partial charge in [-0.25, -0.2) is 9.78 Å². The van der Waals surface area contributed by atoms with Crippen molar-refractivity contribution in [2.24, 2.45) is 23.7 Å². The lowest BCUT2D eigenvalue weighted by Crippen LogP contribution is -2.70. The number of unbranched alkanes of at least 4 members (excludes halogenated alkanes) is 2. The van der Waals surface area contributed by atoms with Gasteiger partial charge in [-0.1, -0.05) is 20.3 Å². The van der Waals surface area contributed by atoms with Gasteiger partial charge in [0.15, 0.2) is 11.9 Å². The van der Waals surface area contributed by atoms with Crippen LogP contribution in [0.4, 0.5) is 0 Å². The van der Waals surface area contributed by atoms with Crippen LogP contribution in [0.1, 0.15) is 85.0 Å². The van der Waals surface area contributed by atoms with Crippen molar-refractivity contribution in [3.05, 3.63) is 0 Å². The number of fused-ring (bicyclic) bond motifs is 2. The number of hydrogen-bond donors (Lipinski definition) is 2. The molecule has 5 fully saturated rings. The first-order valence-electron chi connectivity index (χ1n) is 13.0. The van der Waals surface area contributed by atoms with Crippen molar-refractivity contribution in [2.45, 2.75) is 109 Å². The zero-order chi connectivity index (χ0) is 25.2. The highest BCUT2D eigenvalue weighted by Gasteiger charge is 2.69. The van der Waals surface area contributed by atoms with Gasteiger partial charge in [0.25, 0.3) is 0 Å². The largest absolute Gasteiger partial charge is 0.481 e. The molecule has 5 aliphatic rings. The third-order valence-corrected chi connectivity index (χ3v) is 8.29. The maximum Gasteiger partial charge on any atom is 0.308 e. The number of aliphatic carboxylic acids is 1. The highest BCUT2D eigenvalue weighted by molar-refractivity contribution is 5.81. The lowest BCUT2D eigenvalue weighted by molar-refractivity contribution is -0.576. The number of amides is 1. The maximum absolute atomic E-state index is 12.6. The number of ether oxygens (including phenoxy) is 3. The minimum atomic E-state index is -0.890. The van der Waals surface area contributed by atoms with Crippen LogP contribution in [0.15, 0.2) is 0 Å². The van der Waals surface area contributed by atoms with E-state index in [1.807, 2.05) is 13.8 Å². The molecule has 5 rings (SSSR count). The Kier molecular flexibility index (Phi) is 8.05. The summed E-state index contributed by atoms with van der Waals surface area (Å²) < 4.78 is 18.2. The third-order valence-electron chi connectivity index (χ3n) is 8.29. The van der Waals surface area contributed by atoms with Gasteiger partial charge in [0, 0.05) is 37.6 Å². The van der Waals surface area contributed by atoms with Crippen LogP contribution < -0.4 is 5.32 Å². The van der Waals surface area contributed by atoms with E-state index < -0.39 is 35.9 Å². The van der Waals surface area contributed by atoms with Gasteiger partial charge in [-0.2, -0.15) is 0 Å². The predicted octanol–water partition coefficient (Wildman–Crippen LogP) is 3.28. The first-order valence-corrected chi connectivity index (χ1v) is 13.0. The van der Waals surface area contributed by atoms with Crippen molar-refractivity contribution in [3.63, 3.8) is 0 Å². The van der Waals surface area contributed by atoms with Crippen molar-refractivity contribution in [1.29, 1.82) is 0 Å². The van der Waals surface area contributed by atoms with Crippen LogP contribution >= 0.6 is 0 Å². The van der Waals surface area contributed by atoms with E-state index in [9.17, 15) is 14.4 Å². The number of esters is 1. The molecule has 1 saturated carbocycles. The van der Waals surface area contributed by atoms with Gasteiger partial charge in [-0.15, -0.1) is 0 Å². The van der Waals surface area contributed by atoms with E-state index in [0.29, 0.717) is 31.7 Å². The molecule has 4 heterocycles. The second-order valence-corrected chi connectivity index (χ2v) is 10.8. The van der Waals surface area contributed by atoms with E-state index in [1.54, 1.807) is 0 Å². The Bertz CT molecular complexity index is 806. The molecule has 10 heteroatoms. The number of carbonyl (C=O) groups is 3. The Morgan fingerprint density at radius 1 is 1.00 bits per heavy atom. The molecule has 198 valence electrons. The van der Waals surface area contributed by atoms with Crippen LogP contribution in [0.25, 0.3) is 0 Å². The molecule has 4 saturated heterocycles. The molecular weight excluding hydrogens is 458 g/mol. The predicted molar refractivity (Wildman–Crippen MR) is 121 cm³/mol. The van der Waals surface area contributed by atoms with Crippen LogP contribution in [-0.2, 0) is 38.4 Å². The molecule has 10 nitrogen and oxygen atoms in total. The van der Waals surface area contributed by atoms with E-state index in [2.05, 4.69) is 12.2 Å². The summed E-state index contributed by atoms with van der Waals surface area (Å²) in [5, 5.41) is 11.4. The molecule has 0 aromatic heterocycles. The van der Waals surface area contributed by atoms with E-state index >= 15 is 0 Å². The molecule has 0 unspecified atom stereocenters. The summed E-state index contributed by atoms with van der Waals surface area (Å²) in [5.41, 5.74) is -0.708. The topological polar surface area (TPSA) is 130 Å². The summed E-state index contributed by atoms with van der Waals surface area (Å²) in [6.07, 6.45) is 4.28. The van der Waals surface area contributed by atoms with Crippen molar-refractivity contribution in [1.82, 2.24) is 5.32 Å². The molecule has 0 aromatic rings. The summed E-state index contributed by atoms with van der Waals surface area (Å²) in [6, 6.07) is 0. The molecule has 1 spiro atoms. The van der Waals surface area contributed by atoms with E-state index in [1.165, 1.54) is 0 Å². The van der Waals surface area contributed by atoms with Crippen LogP contribution in [-0.4, -0.2) is 53.5 Å². The molecular formula is C25H39NO9. The van der Waals surface area contributed by atoms with Crippen LogP contribution in [0.5, 0.6) is 0 Å². The average Bonchev–Trinajstić information content (AvgIpc) is 3.04. The first kappa shape index (κ1) is 26.3. The lowest BCUT2D eigenvalue weighted by Gasteiger charge is -2.59. The van der Waals surface area contributed by atoms with Gasteiger partial charge in [0.2, 0.25) is 18.0 Å². The van der Waals surface area contributed by atoms with Gasteiger partial charge >= 0.3 is 11.9 Å². The maximum atomic E-state index is 12.6. The van der Waals surface area contributed by atoms with E-state index in [4.69, 9.17) is 29.1 Å². The van der Waals surface area contributed by atoms with Gasteiger partial charge in [0.1, 0.15) is 0 Å². The van der Waals surface area contributed by atoms with Crippen LogP contribution in [0, 0.1) is 23.7 Å². The molecule has 1 amide bonds. The minimum absolute atomic E-state index is 0.0248. The molecule has 4 aliphatic heterocycles. The average molecular weight is 498 g/mol. The Hall–Kier alpha value is -1.75. The minimum Gasteiger partial charge on any atom is -0.481 e. The quantitative estimate of drug-likeness (QED) is 0.265. The number of nitrogens with one attached hydrogen (secondary N) is 1. The summed E-state index contributed by atoms with van der Waals surface area (Å²) >= 11 is 0. The normalized spacial score (nSPS) is 39.9. The zero-order valence-corrected chi connectivity index (χ0v) is 21.0. The van der Waals surface area contributed by atoms with Crippen molar-refractivity contribution < 1.29 is 43.5 Å². The zero-order valence-electron chi connectivity index (χ0n) is 21.0. The van der Waals surface area contributed by atoms with Crippen LogP contribution in [0.3, 0.4) is 0 Å². The Morgan fingerprint density at radius 2 is 1.80 bits per heavy atom. The summed E-state index contributed by atoms with van der Waals surface area (Å²) in [6.45, 7) is 6.57. The van der Waals surface area contributed by atoms with Crippen molar-refractivity contribution in [2.75, 3.05) is 6.54 Å². The standard InChI is InChI=1S/C25H39NO9/c1-15-8-9-18-16(2)22(32-23-25(18)17(15)12-13-24(3,33-23)34-35-25)31-21(30)11-10-19(27)26-14-6-4-5-7-20(28)29/h15-18,22-23H,4-14H2,1-3H3,(H,26,27)(H,28,29)/t15-,16-,17+,18+,22-,23-,24-,25+/m1/s1. The highest BCUT2D eigenvalue weighted by Crippen LogP contribution is 2.60. The fourth-order valence-electron chi connectivity index (χ4n) is 6.30. The fraction of sp³-hybridized carbons (Fsp3) is 0.880. The van der Waals surface area contributed by atoms with Gasteiger partial charge in [-0.05, 0) is 50.9 Å². The molecule has 1 aliphatic carbocycles. The van der Waals surface area contributed by atoms with Gasteiger partial charge in [0.05, 0.1) is 6.42 Å². The Balaban J connectivity index is 1.28. The molecule has 2 bridgehead atoms. The molecule has 8 atom stereocenters. The molecule has 0 aromatic carbocycles. The Morgan fingerprint density at radius 3 is 2.57 bits per heavy atom. The first-order chi connectivity index (χ1) is 16.6. The molecule has 2 N–H and O–H groups in total. The number of rotatable bonds is 10. The third kappa shape index (κ3) is 5.50. The second-order valence-electron chi connectivity index (χ2n) is 10.8. The lowest BCUT2D eigenvalue weighted by atomic mass is 9.58. The SMILES string of the molecule is C[C@H]1[C@H](OC(=O)CCC(=O)NCCCCCC(=O)O)O[C@@H]2O[C@@]3(C)CC[C@H]4[C@H](C)CC[C@@H]1[C@]24OO3. The number of carboxylic acids is 1. The molecule has 35 heavy (non-hydrogen) atoms. The number of hydrogen-bond acceptors (Lipinski definition) is 8. The fourth-order valence-corrected chi connectivity index (χ4v) is 6.30. The van der Waals surface area contributed by atoms with Crippen LogP contribution in [0.2, 0.25) is 0 Å². The van der Waals surface area contributed by atoms with Gasteiger partial charge < -0.3 is 24.6 Å². The van der Waals surface area contributed by atoms with Crippen molar-refractivity contribution >= 4 is 17.8 Å². The summed E-state index contributed by atoms with van der Waals surface area (Å²) in [4.78, 5) is 47.0. The highest BCUT2D eigenvalue weighted by atomic mass is 17.3. The second kappa shape index (κ2) is 10.7. The van der Waals surface area contributed by atoms with E-state index in [-0.39, 0.29) is 42.9 Å². The Labute approximate surface area is 206 Å². The smallest absolute Gasteiger partial charge is 0.308 e. The number of carboxylic acid groups (broad SMARTS) is 1. The summed E-state index contributed by atoms with van der Waals surface area (Å²) in [7, 11) is 0.